The second-order valence-corrected chi connectivity index (χ2v) is 5.16. The van der Waals surface area contributed by atoms with Crippen LogP contribution in [0.2, 0.25) is 0 Å². The molecular weight excluding hydrogens is 240 g/mol. The first-order valence-corrected chi connectivity index (χ1v) is 6.49. The van der Waals surface area contributed by atoms with E-state index in [1.807, 2.05) is 24.3 Å². The van der Waals surface area contributed by atoms with Crippen LogP contribution in [0.3, 0.4) is 0 Å². The van der Waals surface area contributed by atoms with Gasteiger partial charge < -0.3 is 5.32 Å². The maximum Gasteiger partial charge on any atom is 0.322 e. The first kappa shape index (κ1) is 12.0. The molecular formula is C15H16N2O2. The Morgan fingerprint density at radius 1 is 1.37 bits per heavy atom. The molecule has 1 aromatic carbocycles. The van der Waals surface area contributed by atoms with Gasteiger partial charge in [-0.2, -0.15) is 0 Å². The first-order chi connectivity index (χ1) is 9.17. The Kier molecular flexibility index (Phi) is 2.66. The molecule has 98 valence electrons. The summed E-state index contributed by atoms with van der Waals surface area (Å²) < 4.78 is 0. The second-order valence-electron chi connectivity index (χ2n) is 5.16. The van der Waals surface area contributed by atoms with E-state index >= 15 is 0 Å². The number of nitrogens with one attached hydrogen (secondary N) is 2. The molecule has 0 bridgehead atoms. The number of imide groups is 1. The average molecular weight is 256 g/mol. The zero-order valence-electron chi connectivity index (χ0n) is 10.6. The van der Waals surface area contributed by atoms with E-state index in [9.17, 15) is 9.59 Å². The monoisotopic (exact) mass is 256 g/mol. The smallest absolute Gasteiger partial charge is 0.322 e. The zero-order chi connectivity index (χ0) is 13.5. The highest BCUT2D eigenvalue weighted by Gasteiger charge is 2.53. The van der Waals surface area contributed by atoms with E-state index < -0.39 is 11.6 Å². The van der Waals surface area contributed by atoms with Crippen molar-refractivity contribution >= 4 is 11.9 Å². The number of amides is 3. The summed E-state index contributed by atoms with van der Waals surface area (Å²) in [4.78, 5) is 23.7. The van der Waals surface area contributed by atoms with Crippen LogP contribution in [-0.4, -0.2) is 17.5 Å². The Morgan fingerprint density at radius 2 is 2.16 bits per heavy atom. The summed E-state index contributed by atoms with van der Waals surface area (Å²) in [7, 11) is 0. The summed E-state index contributed by atoms with van der Waals surface area (Å²) in [6.45, 7) is 3.78. The van der Waals surface area contributed by atoms with Gasteiger partial charge in [-0.1, -0.05) is 30.3 Å². The van der Waals surface area contributed by atoms with Crippen LogP contribution in [0.1, 0.15) is 29.9 Å². The predicted molar refractivity (Wildman–Crippen MR) is 71.7 cm³/mol. The van der Waals surface area contributed by atoms with Crippen LogP contribution in [0.15, 0.2) is 36.9 Å². The minimum atomic E-state index is -0.806. The number of rotatable bonds is 2. The number of fused-ring (bicyclic) bond motifs is 1. The Labute approximate surface area is 111 Å². The van der Waals surface area contributed by atoms with Gasteiger partial charge in [0.15, 0.2) is 0 Å². The maximum atomic E-state index is 12.2. The van der Waals surface area contributed by atoms with E-state index in [1.54, 1.807) is 0 Å². The summed E-state index contributed by atoms with van der Waals surface area (Å²) in [5.74, 6) is -0.250. The molecule has 19 heavy (non-hydrogen) atoms. The number of aryl methyl sites for hydroxylation is 1. The summed E-state index contributed by atoms with van der Waals surface area (Å²) in [5, 5.41) is 5.22. The highest BCUT2D eigenvalue weighted by atomic mass is 16.2. The normalized spacial score (nSPS) is 28.7. The third-order valence-corrected chi connectivity index (χ3v) is 4.19. The summed E-state index contributed by atoms with van der Waals surface area (Å²) in [6.07, 6.45) is 3.93. The lowest BCUT2D eigenvalue weighted by molar-refractivity contribution is -0.125. The van der Waals surface area contributed by atoms with E-state index in [0.717, 1.165) is 12.0 Å². The summed E-state index contributed by atoms with van der Waals surface area (Å²) in [6, 6.07) is 7.73. The van der Waals surface area contributed by atoms with Gasteiger partial charge in [0.1, 0.15) is 5.54 Å². The number of benzene rings is 1. The van der Waals surface area contributed by atoms with Crippen LogP contribution < -0.4 is 10.6 Å². The lowest BCUT2D eigenvalue weighted by Gasteiger charge is -2.39. The first-order valence-electron chi connectivity index (χ1n) is 6.49. The van der Waals surface area contributed by atoms with Crippen molar-refractivity contribution in [3.05, 3.63) is 48.0 Å². The van der Waals surface area contributed by atoms with Crippen LogP contribution >= 0.6 is 0 Å². The fourth-order valence-electron chi connectivity index (χ4n) is 3.29. The topological polar surface area (TPSA) is 58.2 Å². The molecule has 0 aromatic heterocycles. The molecule has 2 aliphatic rings. The van der Waals surface area contributed by atoms with Crippen molar-refractivity contribution in [3.63, 3.8) is 0 Å². The van der Waals surface area contributed by atoms with Gasteiger partial charge >= 0.3 is 6.03 Å². The molecule has 4 heteroatoms. The Hall–Kier alpha value is -2.10. The van der Waals surface area contributed by atoms with Crippen LogP contribution in [-0.2, 0) is 11.2 Å². The predicted octanol–water partition coefficient (Wildman–Crippen LogP) is 1.87. The SMILES string of the molecule is C=CCC1c2ccccc2CCC12NC(=O)NC2=O. The minimum Gasteiger partial charge on any atom is -0.323 e. The van der Waals surface area contributed by atoms with Gasteiger partial charge in [0.2, 0.25) is 0 Å². The number of carbonyl (C=O) groups excluding carboxylic acids is 2. The summed E-state index contributed by atoms with van der Waals surface area (Å²) in [5.41, 5.74) is 1.60. The molecule has 1 aliphatic carbocycles. The van der Waals surface area contributed by atoms with Gasteiger partial charge in [-0.25, -0.2) is 4.79 Å². The molecule has 1 fully saturated rings. The summed E-state index contributed by atoms with van der Waals surface area (Å²) >= 11 is 0. The van der Waals surface area contributed by atoms with E-state index in [1.165, 1.54) is 5.56 Å². The molecule has 0 radical (unpaired) electrons. The number of hydrogen-bond donors (Lipinski definition) is 2. The van der Waals surface area contributed by atoms with Crippen molar-refractivity contribution in [1.82, 2.24) is 10.6 Å². The highest BCUT2D eigenvalue weighted by Crippen LogP contribution is 2.43. The Morgan fingerprint density at radius 3 is 2.84 bits per heavy atom. The fraction of sp³-hybridized carbons (Fsp3) is 0.333. The van der Waals surface area contributed by atoms with E-state index in [2.05, 4.69) is 23.3 Å². The third kappa shape index (κ3) is 1.67. The number of carbonyl (C=O) groups is 2. The van der Waals surface area contributed by atoms with Crippen molar-refractivity contribution < 1.29 is 9.59 Å². The number of allylic oxidation sites excluding steroid dienone is 1. The minimum absolute atomic E-state index is 0.0404. The average Bonchev–Trinajstić information content (AvgIpc) is 2.69. The van der Waals surface area contributed by atoms with Gasteiger partial charge in [0.05, 0.1) is 0 Å². The van der Waals surface area contributed by atoms with E-state index in [0.29, 0.717) is 12.8 Å². The molecule has 1 aliphatic heterocycles. The lowest BCUT2D eigenvalue weighted by Crippen LogP contribution is -2.54. The van der Waals surface area contributed by atoms with Crippen LogP contribution in [0.5, 0.6) is 0 Å². The Bertz CT molecular complexity index is 567. The van der Waals surface area contributed by atoms with E-state index in [-0.39, 0.29) is 11.8 Å². The molecule has 3 amide bonds. The largest absolute Gasteiger partial charge is 0.323 e. The van der Waals surface area contributed by atoms with Gasteiger partial charge in [-0.05, 0) is 30.4 Å². The van der Waals surface area contributed by atoms with Crippen LogP contribution in [0.25, 0.3) is 0 Å². The van der Waals surface area contributed by atoms with Gasteiger partial charge in [-0.3, -0.25) is 10.1 Å². The van der Waals surface area contributed by atoms with Crippen LogP contribution in [0, 0.1) is 0 Å². The van der Waals surface area contributed by atoms with Crippen molar-refractivity contribution in [1.29, 1.82) is 0 Å². The molecule has 1 spiro atoms. The maximum absolute atomic E-state index is 12.2. The van der Waals surface area contributed by atoms with Crippen LogP contribution in [0.4, 0.5) is 4.79 Å². The van der Waals surface area contributed by atoms with Crippen molar-refractivity contribution in [3.8, 4) is 0 Å². The molecule has 1 saturated heterocycles. The number of urea groups is 1. The standard InChI is InChI=1S/C15H16N2O2/c1-2-5-12-11-7-4-3-6-10(11)8-9-15(12)13(18)16-14(19)17-15/h2-4,6-7,12H,1,5,8-9H2,(H2,16,17,18,19). The molecule has 1 aromatic rings. The molecule has 2 atom stereocenters. The third-order valence-electron chi connectivity index (χ3n) is 4.19. The number of hydrogen-bond acceptors (Lipinski definition) is 2. The second kappa shape index (κ2) is 4.23. The highest BCUT2D eigenvalue weighted by molar-refractivity contribution is 6.07. The zero-order valence-corrected chi connectivity index (χ0v) is 10.6. The van der Waals surface area contributed by atoms with Gasteiger partial charge in [-0.15, -0.1) is 6.58 Å². The van der Waals surface area contributed by atoms with Crippen molar-refractivity contribution in [2.45, 2.75) is 30.7 Å². The van der Waals surface area contributed by atoms with E-state index in [4.69, 9.17) is 0 Å². The fourth-order valence-corrected chi connectivity index (χ4v) is 3.29. The molecule has 2 unspecified atom stereocenters. The molecule has 1 heterocycles. The van der Waals surface area contributed by atoms with Crippen molar-refractivity contribution in [2.24, 2.45) is 0 Å². The van der Waals surface area contributed by atoms with Crippen molar-refractivity contribution in [2.75, 3.05) is 0 Å². The van der Waals surface area contributed by atoms with Gasteiger partial charge in [0, 0.05) is 5.92 Å². The Balaban J connectivity index is 2.10. The quantitative estimate of drug-likeness (QED) is 0.627. The lowest BCUT2D eigenvalue weighted by atomic mass is 9.68. The molecule has 0 saturated carbocycles. The molecule has 4 nitrogen and oxygen atoms in total. The van der Waals surface area contributed by atoms with Gasteiger partial charge in [0.25, 0.3) is 5.91 Å². The molecule has 2 N–H and O–H groups in total. The molecule has 3 rings (SSSR count).